The predicted molar refractivity (Wildman–Crippen MR) is 85.6 cm³/mol. The Hall–Kier alpha value is -2.84. The monoisotopic (exact) mass is 328 g/mol. The van der Waals surface area contributed by atoms with Crippen LogP contribution < -0.4 is 4.74 Å². The number of ether oxygens (including phenoxy) is 2. The lowest BCUT2D eigenvalue weighted by Crippen LogP contribution is -2.01. The van der Waals surface area contributed by atoms with Crippen molar-refractivity contribution < 1.29 is 14.3 Å². The van der Waals surface area contributed by atoms with E-state index in [4.69, 9.17) is 26.3 Å². The Morgan fingerprint density at radius 3 is 2.70 bits per heavy atom. The minimum atomic E-state index is -0.454. The summed E-state index contributed by atoms with van der Waals surface area (Å²) in [6, 6.07) is 12.3. The molecule has 0 bridgehead atoms. The Kier molecular flexibility index (Phi) is 6.16. The molecule has 0 amide bonds. The van der Waals surface area contributed by atoms with E-state index in [0.717, 1.165) is 11.1 Å². The molecule has 0 aliphatic rings. The van der Waals surface area contributed by atoms with Gasteiger partial charge in [0, 0.05) is 17.8 Å². The third-order valence-electron chi connectivity index (χ3n) is 2.77. The van der Waals surface area contributed by atoms with Gasteiger partial charge in [-0.15, -0.1) is 0 Å². The van der Waals surface area contributed by atoms with E-state index in [1.54, 1.807) is 48.7 Å². The summed E-state index contributed by atoms with van der Waals surface area (Å²) in [6.45, 7) is 0.134. The van der Waals surface area contributed by atoms with Crippen LogP contribution in [0.5, 0.6) is 5.75 Å². The first kappa shape index (κ1) is 16.5. The molecule has 23 heavy (non-hydrogen) atoms. The average Bonchev–Trinajstić information content (AvgIpc) is 2.58. The van der Waals surface area contributed by atoms with Crippen molar-refractivity contribution in [3.05, 3.63) is 65.0 Å². The molecule has 5 nitrogen and oxygen atoms in total. The van der Waals surface area contributed by atoms with Crippen LogP contribution in [0.2, 0.25) is 5.15 Å². The van der Waals surface area contributed by atoms with Crippen molar-refractivity contribution in [3.63, 3.8) is 0 Å². The van der Waals surface area contributed by atoms with Gasteiger partial charge in [-0.2, -0.15) is 5.26 Å². The minimum absolute atomic E-state index is 0.00106. The van der Waals surface area contributed by atoms with Crippen LogP contribution in [-0.4, -0.2) is 17.6 Å². The Balaban J connectivity index is 1.83. The van der Waals surface area contributed by atoms with E-state index >= 15 is 0 Å². The SMILES string of the molecule is N#CCOc1ccc(/C=C/C(=O)OCc2ccc(Cl)nc2)cc1. The summed E-state index contributed by atoms with van der Waals surface area (Å²) >= 11 is 5.68. The van der Waals surface area contributed by atoms with Crippen LogP contribution in [0, 0.1) is 11.3 Å². The number of hydrogen-bond donors (Lipinski definition) is 0. The molecule has 2 rings (SSSR count). The quantitative estimate of drug-likeness (QED) is 0.461. The third kappa shape index (κ3) is 5.81. The van der Waals surface area contributed by atoms with Gasteiger partial charge >= 0.3 is 5.97 Å². The Bertz CT molecular complexity index is 719. The molecule has 1 heterocycles. The number of benzene rings is 1. The number of aromatic nitrogens is 1. The first-order valence-electron chi connectivity index (χ1n) is 6.72. The zero-order chi connectivity index (χ0) is 16.5. The Morgan fingerprint density at radius 1 is 1.26 bits per heavy atom. The Morgan fingerprint density at radius 2 is 2.04 bits per heavy atom. The topological polar surface area (TPSA) is 72.2 Å². The van der Waals surface area contributed by atoms with Crippen LogP contribution in [0.15, 0.2) is 48.7 Å². The molecule has 116 valence electrons. The number of halogens is 1. The fraction of sp³-hybridized carbons (Fsp3) is 0.118. The molecule has 1 aromatic heterocycles. The van der Waals surface area contributed by atoms with Crippen LogP contribution in [0.25, 0.3) is 6.08 Å². The maximum atomic E-state index is 11.6. The van der Waals surface area contributed by atoms with E-state index in [0.29, 0.717) is 10.9 Å². The summed E-state index contributed by atoms with van der Waals surface area (Å²) in [5.74, 6) is 0.145. The molecule has 0 unspecified atom stereocenters. The fourth-order valence-electron chi connectivity index (χ4n) is 1.65. The summed E-state index contributed by atoms with van der Waals surface area (Å²) in [4.78, 5) is 15.6. The zero-order valence-corrected chi connectivity index (χ0v) is 12.9. The first-order valence-corrected chi connectivity index (χ1v) is 7.10. The predicted octanol–water partition coefficient (Wildman–Crippen LogP) is 3.39. The van der Waals surface area contributed by atoms with Crippen LogP contribution in [0.4, 0.5) is 0 Å². The van der Waals surface area contributed by atoms with E-state index in [1.807, 2.05) is 6.07 Å². The van der Waals surface area contributed by atoms with Gasteiger partial charge in [0.2, 0.25) is 0 Å². The molecule has 0 aliphatic heterocycles. The van der Waals surface area contributed by atoms with E-state index in [1.165, 1.54) is 6.08 Å². The second kappa shape index (κ2) is 8.57. The average molecular weight is 329 g/mol. The number of nitriles is 1. The molecule has 0 saturated carbocycles. The van der Waals surface area contributed by atoms with Gasteiger partial charge in [0.05, 0.1) is 0 Å². The number of rotatable bonds is 6. The minimum Gasteiger partial charge on any atom is -0.479 e. The van der Waals surface area contributed by atoms with Crippen LogP contribution in [-0.2, 0) is 16.1 Å². The van der Waals surface area contributed by atoms with Crippen molar-refractivity contribution in [1.82, 2.24) is 4.98 Å². The molecule has 0 fully saturated rings. The van der Waals surface area contributed by atoms with Gasteiger partial charge in [0.1, 0.15) is 23.6 Å². The zero-order valence-electron chi connectivity index (χ0n) is 12.1. The summed E-state index contributed by atoms with van der Waals surface area (Å²) in [6.07, 6.45) is 4.53. The normalized spacial score (nSPS) is 10.3. The second-order valence-corrected chi connectivity index (χ2v) is 4.83. The van der Waals surface area contributed by atoms with Crippen molar-refractivity contribution in [2.24, 2.45) is 0 Å². The number of hydrogen-bond acceptors (Lipinski definition) is 5. The number of esters is 1. The molecule has 0 N–H and O–H groups in total. The van der Waals surface area contributed by atoms with Crippen molar-refractivity contribution >= 4 is 23.6 Å². The third-order valence-corrected chi connectivity index (χ3v) is 2.99. The standard InChI is InChI=1S/C17H13ClN2O3/c18-16-7-3-14(11-20-16)12-23-17(21)8-4-13-1-5-15(6-2-13)22-10-9-19/h1-8,11H,10,12H2/b8-4+. The van der Waals surface area contributed by atoms with Gasteiger partial charge < -0.3 is 9.47 Å². The first-order chi connectivity index (χ1) is 11.2. The molecule has 2 aromatic rings. The van der Waals surface area contributed by atoms with Crippen LogP contribution in [0.1, 0.15) is 11.1 Å². The molecular weight excluding hydrogens is 316 g/mol. The lowest BCUT2D eigenvalue weighted by Gasteiger charge is -2.02. The molecule has 0 aliphatic carbocycles. The van der Waals surface area contributed by atoms with E-state index in [9.17, 15) is 4.79 Å². The Labute approximate surface area is 138 Å². The van der Waals surface area contributed by atoms with Crippen molar-refractivity contribution in [1.29, 1.82) is 5.26 Å². The summed E-state index contributed by atoms with van der Waals surface area (Å²) in [7, 11) is 0. The van der Waals surface area contributed by atoms with Crippen LogP contribution >= 0.6 is 11.6 Å². The molecule has 0 radical (unpaired) electrons. The van der Waals surface area contributed by atoms with Gasteiger partial charge in [-0.05, 0) is 29.8 Å². The second-order valence-electron chi connectivity index (χ2n) is 4.45. The van der Waals surface area contributed by atoms with E-state index in [2.05, 4.69) is 4.98 Å². The molecular formula is C17H13ClN2O3. The fourth-order valence-corrected chi connectivity index (χ4v) is 1.76. The van der Waals surface area contributed by atoms with Gasteiger partial charge in [-0.25, -0.2) is 9.78 Å². The summed E-state index contributed by atoms with van der Waals surface area (Å²) in [5.41, 5.74) is 1.58. The van der Waals surface area contributed by atoms with Crippen LogP contribution in [0.3, 0.4) is 0 Å². The van der Waals surface area contributed by atoms with Gasteiger partial charge in [0.15, 0.2) is 6.61 Å². The number of pyridine rings is 1. The highest BCUT2D eigenvalue weighted by atomic mass is 35.5. The molecule has 6 heteroatoms. The highest BCUT2D eigenvalue weighted by molar-refractivity contribution is 6.29. The maximum absolute atomic E-state index is 11.6. The molecule has 0 spiro atoms. The largest absolute Gasteiger partial charge is 0.479 e. The number of carbonyl (C=O) groups excluding carboxylic acids is 1. The summed E-state index contributed by atoms with van der Waals surface area (Å²) in [5, 5.41) is 8.82. The highest BCUT2D eigenvalue weighted by Crippen LogP contribution is 2.13. The lowest BCUT2D eigenvalue weighted by molar-refractivity contribution is -0.138. The maximum Gasteiger partial charge on any atom is 0.331 e. The van der Waals surface area contributed by atoms with E-state index in [-0.39, 0.29) is 13.2 Å². The van der Waals surface area contributed by atoms with E-state index < -0.39 is 5.97 Å². The van der Waals surface area contributed by atoms with Crippen molar-refractivity contribution in [2.45, 2.75) is 6.61 Å². The summed E-state index contributed by atoms with van der Waals surface area (Å²) < 4.78 is 10.2. The van der Waals surface area contributed by atoms with Crippen molar-refractivity contribution in [2.75, 3.05) is 6.61 Å². The smallest absolute Gasteiger partial charge is 0.331 e. The molecule has 0 saturated heterocycles. The number of carbonyl (C=O) groups is 1. The molecule has 1 aromatic carbocycles. The van der Waals surface area contributed by atoms with Gasteiger partial charge in [-0.1, -0.05) is 29.8 Å². The van der Waals surface area contributed by atoms with Gasteiger partial charge in [0.25, 0.3) is 0 Å². The highest BCUT2D eigenvalue weighted by Gasteiger charge is 2.00. The van der Waals surface area contributed by atoms with Crippen molar-refractivity contribution in [3.8, 4) is 11.8 Å². The molecule has 0 atom stereocenters. The number of nitrogens with zero attached hydrogens (tertiary/aromatic N) is 2. The van der Waals surface area contributed by atoms with Gasteiger partial charge in [-0.3, -0.25) is 0 Å². The lowest BCUT2D eigenvalue weighted by atomic mass is 10.2.